The molecule has 1 heteroatoms. The maximum atomic E-state index is 14.5. The van der Waals surface area contributed by atoms with Crippen molar-refractivity contribution in [2.75, 3.05) is 0 Å². The summed E-state index contributed by atoms with van der Waals surface area (Å²) in [6, 6.07) is 10.3. The average Bonchev–Trinajstić information content (AvgIpc) is 2.53. The van der Waals surface area contributed by atoms with Crippen LogP contribution in [0.5, 0.6) is 0 Å². The largest absolute Gasteiger partial charge is 0.207 e. The Bertz CT molecular complexity index is 874. The average molecular weight is 278 g/mol. The minimum atomic E-state index is -0.00465. The minimum absolute atomic E-state index is 0.00465. The second kappa shape index (κ2) is 4.56. The van der Waals surface area contributed by atoms with Crippen LogP contribution in [0.2, 0.25) is 0 Å². The summed E-state index contributed by atoms with van der Waals surface area (Å²) in [5, 5.41) is 4.96. The molecular weight excluding hydrogens is 259 g/mol. The number of hydrogen-bond donors (Lipinski definition) is 0. The van der Waals surface area contributed by atoms with Crippen molar-refractivity contribution in [3.63, 3.8) is 0 Å². The van der Waals surface area contributed by atoms with Gasteiger partial charge in [0, 0.05) is 0 Å². The summed E-state index contributed by atoms with van der Waals surface area (Å²) in [6.45, 7) is 4.32. The Labute approximate surface area is 124 Å². The first-order valence-electron chi connectivity index (χ1n) is 7.80. The highest BCUT2D eigenvalue weighted by Gasteiger charge is 2.20. The van der Waals surface area contributed by atoms with Gasteiger partial charge in [-0.1, -0.05) is 24.3 Å². The zero-order valence-corrected chi connectivity index (χ0v) is 12.6. The zero-order chi connectivity index (χ0) is 14.6. The highest BCUT2D eigenvalue weighted by atomic mass is 19.1. The van der Waals surface area contributed by atoms with E-state index in [-0.39, 0.29) is 5.82 Å². The van der Waals surface area contributed by atoms with Crippen molar-refractivity contribution in [1.82, 2.24) is 0 Å². The van der Waals surface area contributed by atoms with Crippen LogP contribution in [0, 0.1) is 19.7 Å². The zero-order valence-electron chi connectivity index (χ0n) is 12.6. The number of hydrogen-bond acceptors (Lipinski definition) is 0. The summed E-state index contributed by atoms with van der Waals surface area (Å²) in [4.78, 5) is 0. The molecule has 106 valence electrons. The van der Waals surface area contributed by atoms with Crippen LogP contribution in [0.4, 0.5) is 4.39 Å². The third kappa shape index (κ3) is 1.73. The van der Waals surface area contributed by atoms with Gasteiger partial charge in [-0.15, -0.1) is 0 Å². The van der Waals surface area contributed by atoms with Crippen molar-refractivity contribution in [3.8, 4) is 0 Å². The molecule has 0 nitrogen and oxygen atoms in total. The fourth-order valence-electron chi connectivity index (χ4n) is 4.03. The van der Waals surface area contributed by atoms with Crippen LogP contribution < -0.4 is 0 Å². The second-order valence-electron chi connectivity index (χ2n) is 6.24. The standard InChI is InChI=1S/C20H19F/c1-12-14-7-3-4-8-15(14)13(2)20-17-10-6-5-9-16(17)19(21)11-18(12)20/h3-4,7-8,11H,5-6,9-10H2,1-2H3. The molecule has 0 amide bonds. The quantitative estimate of drug-likeness (QED) is 0.468. The molecule has 3 aromatic rings. The van der Waals surface area contributed by atoms with Crippen LogP contribution in [-0.4, -0.2) is 0 Å². The summed E-state index contributed by atoms with van der Waals surface area (Å²) in [5.41, 5.74) is 4.75. The Balaban J connectivity index is 2.27. The van der Waals surface area contributed by atoms with E-state index in [1.165, 1.54) is 39.3 Å². The number of rotatable bonds is 0. The minimum Gasteiger partial charge on any atom is -0.207 e. The molecule has 3 aromatic carbocycles. The van der Waals surface area contributed by atoms with Gasteiger partial charge < -0.3 is 0 Å². The number of halogens is 1. The maximum Gasteiger partial charge on any atom is 0.127 e. The topological polar surface area (TPSA) is 0 Å². The van der Waals surface area contributed by atoms with Gasteiger partial charge in [-0.05, 0) is 89.4 Å². The molecule has 0 bridgehead atoms. The van der Waals surface area contributed by atoms with Gasteiger partial charge in [0.25, 0.3) is 0 Å². The first-order chi connectivity index (χ1) is 10.2. The van der Waals surface area contributed by atoms with E-state index in [0.29, 0.717) is 0 Å². The van der Waals surface area contributed by atoms with Crippen molar-refractivity contribution < 1.29 is 4.39 Å². The predicted octanol–water partition coefficient (Wildman–Crippen LogP) is 5.63. The lowest BCUT2D eigenvalue weighted by molar-refractivity contribution is 0.582. The van der Waals surface area contributed by atoms with E-state index in [4.69, 9.17) is 0 Å². The molecule has 0 N–H and O–H groups in total. The van der Waals surface area contributed by atoms with E-state index < -0.39 is 0 Å². The lowest BCUT2D eigenvalue weighted by Gasteiger charge is -2.22. The van der Waals surface area contributed by atoms with Crippen molar-refractivity contribution in [2.24, 2.45) is 0 Å². The third-order valence-electron chi connectivity index (χ3n) is 5.11. The molecule has 0 unspecified atom stereocenters. The van der Waals surface area contributed by atoms with Gasteiger partial charge in [-0.25, -0.2) is 4.39 Å². The lowest BCUT2D eigenvalue weighted by Crippen LogP contribution is -2.07. The summed E-state index contributed by atoms with van der Waals surface area (Å²) in [5.74, 6) is -0.00465. The van der Waals surface area contributed by atoms with E-state index in [0.717, 1.165) is 30.2 Å². The van der Waals surface area contributed by atoms with Gasteiger partial charge in [0.15, 0.2) is 0 Å². The molecule has 0 saturated heterocycles. The van der Waals surface area contributed by atoms with Gasteiger partial charge in [0.1, 0.15) is 5.82 Å². The maximum absolute atomic E-state index is 14.5. The molecule has 1 aliphatic carbocycles. The summed E-state index contributed by atoms with van der Waals surface area (Å²) < 4.78 is 14.5. The van der Waals surface area contributed by atoms with Crippen molar-refractivity contribution in [2.45, 2.75) is 39.5 Å². The molecule has 1 aliphatic rings. The second-order valence-corrected chi connectivity index (χ2v) is 6.24. The van der Waals surface area contributed by atoms with Gasteiger partial charge in [-0.2, -0.15) is 0 Å². The molecule has 0 atom stereocenters. The molecule has 0 aliphatic heterocycles. The molecule has 0 radical (unpaired) electrons. The normalized spacial score (nSPS) is 14.6. The van der Waals surface area contributed by atoms with Crippen molar-refractivity contribution in [1.29, 1.82) is 0 Å². The van der Waals surface area contributed by atoms with Crippen LogP contribution in [0.3, 0.4) is 0 Å². The summed E-state index contributed by atoms with van der Waals surface area (Å²) in [6.07, 6.45) is 4.20. The SMILES string of the molecule is Cc1c2ccccc2c(C)c2c3c(c(F)cc12)CCCC3. The molecule has 0 fully saturated rings. The molecule has 0 heterocycles. The van der Waals surface area contributed by atoms with Crippen LogP contribution in [-0.2, 0) is 12.8 Å². The van der Waals surface area contributed by atoms with Gasteiger partial charge >= 0.3 is 0 Å². The Kier molecular flexibility index (Phi) is 2.78. The van der Waals surface area contributed by atoms with Crippen LogP contribution in [0.1, 0.15) is 35.1 Å². The van der Waals surface area contributed by atoms with E-state index in [1.807, 2.05) is 0 Å². The van der Waals surface area contributed by atoms with E-state index in [2.05, 4.69) is 38.1 Å². The Hall–Kier alpha value is -1.89. The smallest absolute Gasteiger partial charge is 0.127 e. The Morgan fingerprint density at radius 2 is 1.43 bits per heavy atom. The van der Waals surface area contributed by atoms with Crippen molar-refractivity contribution >= 4 is 21.5 Å². The molecule has 21 heavy (non-hydrogen) atoms. The highest BCUT2D eigenvalue weighted by Crippen LogP contribution is 2.38. The number of fused-ring (bicyclic) bond motifs is 4. The third-order valence-corrected chi connectivity index (χ3v) is 5.11. The fourth-order valence-corrected chi connectivity index (χ4v) is 4.03. The monoisotopic (exact) mass is 278 g/mol. The Morgan fingerprint density at radius 3 is 2.14 bits per heavy atom. The predicted molar refractivity (Wildman–Crippen MR) is 87.5 cm³/mol. The molecule has 4 rings (SSSR count). The first-order valence-corrected chi connectivity index (χ1v) is 7.80. The Morgan fingerprint density at radius 1 is 0.810 bits per heavy atom. The summed E-state index contributed by atoms with van der Waals surface area (Å²) >= 11 is 0. The molecule has 0 aromatic heterocycles. The molecule has 0 spiro atoms. The van der Waals surface area contributed by atoms with Crippen LogP contribution in [0.25, 0.3) is 21.5 Å². The van der Waals surface area contributed by atoms with Gasteiger partial charge in [-0.3, -0.25) is 0 Å². The van der Waals surface area contributed by atoms with E-state index in [1.54, 1.807) is 6.07 Å². The van der Waals surface area contributed by atoms with Gasteiger partial charge in [0.05, 0.1) is 0 Å². The van der Waals surface area contributed by atoms with Crippen LogP contribution >= 0.6 is 0 Å². The number of aryl methyl sites for hydroxylation is 3. The molecule has 0 saturated carbocycles. The van der Waals surface area contributed by atoms with Crippen molar-refractivity contribution in [3.05, 3.63) is 58.4 Å². The first kappa shape index (κ1) is 12.8. The van der Waals surface area contributed by atoms with E-state index >= 15 is 0 Å². The highest BCUT2D eigenvalue weighted by molar-refractivity contribution is 6.07. The summed E-state index contributed by atoms with van der Waals surface area (Å²) in [7, 11) is 0. The lowest BCUT2D eigenvalue weighted by atomic mass is 9.83. The van der Waals surface area contributed by atoms with Gasteiger partial charge in [0.2, 0.25) is 0 Å². The van der Waals surface area contributed by atoms with Crippen LogP contribution in [0.15, 0.2) is 30.3 Å². The molecular formula is C20H19F. The van der Waals surface area contributed by atoms with E-state index in [9.17, 15) is 4.39 Å². The fraction of sp³-hybridized carbons (Fsp3) is 0.300. The number of benzene rings is 3.